The minimum Gasteiger partial charge on any atom is -0.478 e. The number of nitrogens with one attached hydrogen (secondary N) is 1. The molecule has 0 aromatic heterocycles. The molecule has 5 heteroatoms. The van der Waals surface area contributed by atoms with E-state index < -0.39 is 5.97 Å². The largest absolute Gasteiger partial charge is 0.478 e. The first kappa shape index (κ1) is 14.9. The summed E-state index contributed by atoms with van der Waals surface area (Å²) >= 11 is 1.53. The monoisotopic (exact) mass is 269 g/mol. The maximum Gasteiger partial charge on any atom is 0.338 e. The zero-order chi connectivity index (χ0) is 13.5. The fourth-order valence-corrected chi connectivity index (χ4v) is 2.53. The van der Waals surface area contributed by atoms with Gasteiger partial charge in [0.15, 0.2) is 0 Å². The topological polar surface area (TPSA) is 58.6 Å². The maximum atomic E-state index is 11.4. The van der Waals surface area contributed by atoms with E-state index in [2.05, 4.69) is 5.32 Å². The highest BCUT2D eigenvalue weighted by Crippen LogP contribution is 2.29. The third-order valence-corrected chi connectivity index (χ3v) is 3.30. The minimum atomic E-state index is -0.904. The standard InChI is InChI=1S/C13H19NO3S/c1-4-18-11-7-5-6-10(12(11)13(15)16)14-9(2)8-17-3/h5-7,9,14H,4,8H2,1-3H3,(H,15,16). The van der Waals surface area contributed by atoms with Gasteiger partial charge in [0.2, 0.25) is 0 Å². The van der Waals surface area contributed by atoms with Crippen LogP contribution in [0, 0.1) is 0 Å². The van der Waals surface area contributed by atoms with Gasteiger partial charge in [0, 0.05) is 18.0 Å². The fraction of sp³-hybridized carbons (Fsp3) is 0.462. The third kappa shape index (κ3) is 3.92. The van der Waals surface area contributed by atoms with E-state index in [0.29, 0.717) is 17.9 Å². The smallest absolute Gasteiger partial charge is 0.338 e. The summed E-state index contributed by atoms with van der Waals surface area (Å²) in [5.41, 5.74) is 0.984. The van der Waals surface area contributed by atoms with Crippen molar-refractivity contribution in [1.82, 2.24) is 0 Å². The number of aromatic carboxylic acids is 1. The Bertz CT molecular complexity index is 409. The van der Waals surface area contributed by atoms with Crippen LogP contribution < -0.4 is 5.32 Å². The summed E-state index contributed by atoms with van der Waals surface area (Å²) in [5.74, 6) is -0.0594. The average Bonchev–Trinajstić information content (AvgIpc) is 2.29. The van der Waals surface area contributed by atoms with Gasteiger partial charge in [-0.25, -0.2) is 4.79 Å². The quantitative estimate of drug-likeness (QED) is 0.745. The van der Waals surface area contributed by atoms with Gasteiger partial charge in [0.1, 0.15) is 0 Å². The predicted octanol–water partition coefficient (Wildman–Crippen LogP) is 2.94. The molecule has 2 N–H and O–H groups in total. The number of anilines is 1. The molecule has 1 aromatic rings. The van der Waals surface area contributed by atoms with Crippen molar-refractivity contribution in [3.05, 3.63) is 23.8 Å². The summed E-state index contributed by atoms with van der Waals surface area (Å²) in [4.78, 5) is 12.2. The van der Waals surface area contributed by atoms with Crippen LogP contribution in [0.15, 0.2) is 23.1 Å². The Morgan fingerprint density at radius 2 is 2.28 bits per heavy atom. The molecule has 0 fully saturated rings. The van der Waals surface area contributed by atoms with Gasteiger partial charge in [-0.1, -0.05) is 13.0 Å². The molecule has 0 saturated heterocycles. The number of carboxylic acid groups (broad SMARTS) is 1. The van der Waals surface area contributed by atoms with Crippen molar-refractivity contribution in [3.63, 3.8) is 0 Å². The van der Waals surface area contributed by atoms with Gasteiger partial charge in [-0.3, -0.25) is 0 Å². The lowest BCUT2D eigenvalue weighted by Gasteiger charge is -2.17. The van der Waals surface area contributed by atoms with E-state index >= 15 is 0 Å². The molecule has 1 atom stereocenters. The summed E-state index contributed by atoms with van der Waals surface area (Å²) in [7, 11) is 1.62. The Balaban J connectivity index is 3.02. The Morgan fingerprint density at radius 1 is 1.56 bits per heavy atom. The molecule has 0 aliphatic carbocycles. The van der Waals surface area contributed by atoms with Crippen molar-refractivity contribution in [2.75, 3.05) is 24.8 Å². The molecule has 0 saturated carbocycles. The van der Waals surface area contributed by atoms with Crippen LogP contribution in [-0.2, 0) is 4.74 Å². The van der Waals surface area contributed by atoms with E-state index in [1.807, 2.05) is 26.0 Å². The molecule has 0 aliphatic rings. The number of carbonyl (C=O) groups is 1. The second kappa shape index (κ2) is 7.28. The molecule has 0 amide bonds. The van der Waals surface area contributed by atoms with Crippen LogP contribution in [0.2, 0.25) is 0 Å². The molecular formula is C13H19NO3S. The lowest BCUT2D eigenvalue weighted by molar-refractivity contribution is 0.0694. The van der Waals surface area contributed by atoms with Crippen LogP contribution in [0.4, 0.5) is 5.69 Å². The van der Waals surface area contributed by atoms with Gasteiger partial charge in [-0.15, -0.1) is 11.8 Å². The number of hydrogen-bond donors (Lipinski definition) is 2. The lowest BCUT2D eigenvalue weighted by Crippen LogP contribution is -2.22. The lowest BCUT2D eigenvalue weighted by atomic mass is 10.1. The van der Waals surface area contributed by atoms with Crippen molar-refractivity contribution in [1.29, 1.82) is 0 Å². The van der Waals surface area contributed by atoms with Crippen molar-refractivity contribution in [2.24, 2.45) is 0 Å². The Labute approximate surface area is 112 Å². The summed E-state index contributed by atoms with van der Waals surface area (Å²) in [6.45, 7) is 4.49. The van der Waals surface area contributed by atoms with E-state index in [4.69, 9.17) is 4.74 Å². The van der Waals surface area contributed by atoms with Gasteiger partial charge >= 0.3 is 5.97 Å². The van der Waals surface area contributed by atoms with Crippen LogP contribution in [0.1, 0.15) is 24.2 Å². The molecule has 100 valence electrons. The third-order valence-electron chi connectivity index (χ3n) is 2.36. The van der Waals surface area contributed by atoms with E-state index in [1.54, 1.807) is 13.2 Å². The van der Waals surface area contributed by atoms with Crippen LogP contribution in [0.5, 0.6) is 0 Å². The number of thioether (sulfide) groups is 1. The molecule has 1 rings (SSSR count). The molecule has 0 aliphatic heterocycles. The van der Waals surface area contributed by atoms with Crippen molar-refractivity contribution >= 4 is 23.4 Å². The van der Waals surface area contributed by atoms with Gasteiger partial charge < -0.3 is 15.2 Å². The Morgan fingerprint density at radius 3 is 2.83 bits per heavy atom. The highest BCUT2D eigenvalue weighted by atomic mass is 32.2. The molecule has 18 heavy (non-hydrogen) atoms. The van der Waals surface area contributed by atoms with E-state index in [-0.39, 0.29) is 6.04 Å². The van der Waals surface area contributed by atoms with Gasteiger partial charge in [-0.2, -0.15) is 0 Å². The van der Waals surface area contributed by atoms with E-state index in [1.165, 1.54) is 11.8 Å². The van der Waals surface area contributed by atoms with Crippen molar-refractivity contribution in [2.45, 2.75) is 24.8 Å². The first-order valence-corrected chi connectivity index (χ1v) is 6.83. The van der Waals surface area contributed by atoms with Gasteiger partial charge in [0.05, 0.1) is 17.9 Å². The van der Waals surface area contributed by atoms with Crippen LogP contribution in [0.25, 0.3) is 0 Å². The summed E-state index contributed by atoms with van der Waals surface area (Å²) in [6.07, 6.45) is 0. The van der Waals surface area contributed by atoms with E-state index in [9.17, 15) is 9.90 Å². The van der Waals surface area contributed by atoms with Crippen LogP contribution in [-0.4, -0.2) is 36.6 Å². The Kier molecular flexibility index (Phi) is 6.01. The summed E-state index contributed by atoms with van der Waals surface area (Å²) in [6, 6.07) is 5.56. The fourth-order valence-electron chi connectivity index (χ4n) is 1.70. The highest BCUT2D eigenvalue weighted by Gasteiger charge is 2.16. The number of carboxylic acids is 1. The number of methoxy groups -OCH3 is 1. The van der Waals surface area contributed by atoms with Gasteiger partial charge in [0.25, 0.3) is 0 Å². The van der Waals surface area contributed by atoms with Crippen LogP contribution in [0.3, 0.4) is 0 Å². The minimum absolute atomic E-state index is 0.0648. The first-order valence-electron chi connectivity index (χ1n) is 5.84. The van der Waals surface area contributed by atoms with Crippen molar-refractivity contribution < 1.29 is 14.6 Å². The predicted molar refractivity (Wildman–Crippen MR) is 74.8 cm³/mol. The molecule has 1 aromatic carbocycles. The number of rotatable bonds is 7. The number of hydrogen-bond acceptors (Lipinski definition) is 4. The molecular weight excluding hydrogens is 250 g/mol. The molecule has 1 unspecified atom stereocenters. The van der Waals surface area contributed by atoms with Crippen molar-refractivity contribution in [3.8, 4) is 0 Å². The molecule has 0 radical (unpaired) electrons. The number of benzene rings is 1. The number of ether oxygens (including phenoxy) is 1. The van der Waals surface area contributed by atoms with Crippen LogP contribution >= 0.6 is 11.8 Å². The van der Waals surface area contributed by atoms with E-state index in [0.717, 1.165) is 10.6 Å². The zero-order valence-electron chi connectivity index (χ0n) is 10.9. The second-order valence-electron chi connectivity index (χ2n) is 3.92. The Hall–Kier alpha value is -1.20. The van der Waals surface area contributed by atoms with Gasteiger partial charge in [-0.05, 0) is 24.8 Å². The average molecular weight is 269 g/mol. The normalized spacial score (nSPS) is 12.2. The maximum absolute atomic E-state index is 11.4. The molecule has 0 spiro atoms. The molecule has 0 bridgehead atoms. The SMILES string of the molecule is CCSc1cccc(NC(C)COC)c1C(=O)O. The highest BCUT2D eigenvalue weighted by molar-refractivity contribution is 7.99. The zero-order valence-corrected chi connectivity index (χ0v) is 11.7. The molecule has 0 heterocycles. The first-order chi connectivity index (χ1) is 8.60. The molecule has 4 nitrogen and oxygen atoms in total. The summed E-state index contributed by atoms with van der Waals surface area (Å²) in [5, 5.41) is 12.5. The summed E-state index contributed by atoms with van der Waals surface area (Å²) < 4.78 is 5.04. The second-order valence-corrected chi connectivity index (χ2v) is 5.22.